The number of hydrogen-bond donors (Lipinski definition) is 2. The number of amides is 1. The number of ether oxygens (including phenoxy) is 1. The quantitative estimate of drug-likeness (QED) is 0.744. The van der Waals surface area contributed by atoms with Crippen LogP contribution < -0.4 is 11.1 Å². The summed E-state index contributed by atoms with van der Waals surface area (Å²) in [5.41, 5.74) is 7.68. The lowest BCUT2D eigenvalue weighted by atomic mass is 10.1. The number of benzene rings is 1. The highest BCUT2D eigenvalue weighted by Gasteiger charge is 2.03. The number of unbranched alkanes of at least 4 members (excludes halogenated alkanes) is 1. The van der Waals surface area contributed by atoms with Gasteiger partial charge in [-0.3, -0.25) is 0 Å². The molecule has 17 heavy (non-hydrogen) atoms. The summed E-state index contributed by atoms with van der Waals surface area (Å²) in [4.78, 5) is 11.3. The maximum Gasteiger partial charge on any atom is 0.407 e. The van der Waals surface area contributed by atoms with Crippen LogP contribution in [0, 0.1) is 0 Å². The van der Waals surface area contributed by atoms with Crippen molar-refractivity contribution in [3.8, 4) is 0 Å². The summed E-state index contributed by atoms with van der Waals surface area (Å²) in [6.45, 7) is 3.46. The van der Waals surface area contributed by atoms with Gasteiger partial charge >= 0.3 is 6.09 Å². The number of nitrogens with one attached hydrogen (secondary N) is 1. The Bertz CT molecular complexity index is 353. The van der Waals surface area contributed by atoms with Crippen LogP contribution in [0.5, 0.6) is 0 Å². The molecule has 0 aliphatic heterocycles. The van der Waals surface area contributed by atoms with Gasteiger partial charge in [0.1, 0.15) is 0 Å². The summed E-state index contributed by atoms with van der Waals surface area (Å²) < 4.78 is 5.00. The molecule has 0 aliphatic carbocycles. The van der Waals surface area contributed by atoms with Crippen LogP contribution in [-0.2, 0) is 17.8 Å². The molecule has 1 rings (SSSR count). The smallest absolute Gasteiger partial charge is 0.407 e. The third-order valence-corrected chi connectivity index (χ3v) is 2.49. The number of carbonyl (C=O) groups excluding carboxylic acids is 1. The van der Waals surface area contributed by atoms with Gasteiger partial charge in [0.05, 0.1) is 6.61 Å². The van der Waals surface area contributed by atoms with Crippen LogP contribution >= 0.6 is 0 Å². The second-order valence-electron chi connectivity index (χ2n) is 3.82. The zero-order valence-corrected chi connectivity index (χ0v) is 10.2. The first-order chi connectivity index (χ1) is 8.27. The SMILES string of the molecule is CCCCOC(=O)NCc1ccccc1CN. The molecule has 0 aliphatic rings. The molecule has 1 aromatic carbocycles. The van der Waals surface area contributed by atoms with Gasteiger partial charge in [0, 0.05) is 13.1 Å². The zero-order valence-electron chi connectivity index (χ0n) is 10.2. The van der Waals surface area contributed by atoms with Crippen LogP contribution in [0.4, 0.5) is 4.79 Å². The van der Waals surface area contributed by atoms with Crippen molar-refractivity contribution in [3.05, 3.63) is 35.4 Å². The molecule has 0 fully saturated rings. The van der Waals surface area contributed by atoms with Gasteiger partial charge < -0.3 is 15.8 Å². The maximum atomic E-state index is 11.3. The van der Waals surface area contributed by atoms with Crippen molar-refractivity contribution in [2.45, 2.75) is 32.9 Å². The lowest BCUT2D eigenvalue weighted by molar-refractivity contribution is 0.144. The molecule has 0 spiro atoms. The minimum atomic E-state index is -0.370. The van der Waals surface area contributed by atoms with Gasteiger partial charge in [-0.05, 0) is 17.5 Å². The molecule has 94 valence electrons. The van der Waals surface area contributed by atoms with E-state index in [2.05, 4.69) is 12.2 Å². The van der Waals surface area contributed by atoms with Crippen LogP contribution in [0.1, 0.15) is 30.9 Å². The molecule has 0 atom stereocenters. The van der Waals surface area contributed by atoms with E-state index in [1.165, 1.54) is 0 Å². The first-order valence-corrected chi connectivity index (χ1v) is 5.95. The first-order valence-electron chi connectivity index (χ1n) is 5.95. The first kappa shape index (κ1) is 13.5. The third kappa shape index (κ3) is 4.87. The van der Waals surface area contributed by atoms with Crippen molar-refractivity contribution in [1.82, 2.24) is 5.32 Å². The lowest BCUT2D eigenvalue weighted by Gasteiger charge is -2.09. The fourth-order valence-electron chi connectivity index (χ4n) is 1.46. The number of hydrogen-bond acceptors (Lipinski definition) is 3. The fourth-order valence-corrected chi connectivity index (χ4v) is 1.46. The van der Waals surface area contributed by atoms with Crippen LogP contribution in [-0.4, -0.2) is 12.7 Å². The van der Waals surface area contributed by atoms with Crippen molar-refractivity contribution in [1.29, 1.82) is 0 Å². The molecule has 4 heteroatoms. The van der Waals surface area contributed by atoms with Crippen molar-refractivity contribution in [3.63, 3.8) is 0 Å². The molecule has 0 bridgehead atoms. The van der Waals surface area contributed by atoms with E-state index >= 15 is 0 Å². The topological polar surface area (TPSA) is 64.3 Å². The van der Waals surface area contributed by atoms with E-state index in [9.17, 15) is 4.79 Å². The maximum absolute atomic E-state index is 11.3. The molecule has 0 saturated heterocycles. The van der Waals surface area contributed by atoms with Gasteiger partial charge in [-0.15, -0.1) is 0 Å². The van der Waals surface area contributed by atoms with Crippen LogP contribution in [0.15, 0.2) is 24.3 Å². The van der Waals surface area contributed by atoms with Crippen LogP contribution in [0.2, 0.25) is 0 Å². The Morgan fingerprint density at radius 1 is 1.35 bits per heavy atom. The van der Waals surface area contributed by atoms with Crippen molar-refractivity contribution in [2.75, 3.05) is 6.61 Å². The van der Waals surface area contributed by atoms with Gasteiger partial charge in [-0.25, -0.2) is 4.79 Å². The molecule has 1 amide bonds. The van der Waals surface area contributed by atoms with Crippen LogP contribution in [0.25, 0.3) is 0 Å². The van der Waals surface area contributed by atoms with Crippen LogP contribution in [0.3, 0.4) is 0 Å². The molecule has 0 aromatic heterocycles. The Balaban J connectivity index is 2.36. The molecular formula is C13H20N2O2. The highest BCUT2D eigenvalue weighted by Crippen LogP contribution is 2.07. The summed E-state index contributed by atoms with van der Waals surface area (Å²) in [5.74, 6) is 0. The minimum Gasteiger partial charge on any atom is -0.450 e. The summed E-state index contributed by atoms with van der Waals surface area (Å²) in [6, 6.07) is 7.78. The molecule has 4 nitrogen and oxygen atoms in total. The zero-order chi connectivity index (χ0) is 12.5. The Labute approximate surface area is 102 Å². The highest BCUT2D eigenvalue weighted by molar-refractivity contribution is 5.67. The van der Waals surface area contributed by atoms with E-state index in [4.69, 9.17) is 10.5 Å². The van der Waals surface area contributed by atoms with Gasteiger partial charge in [-0.2, -0.15) is 0 Å². The molecule has 1 aromatic rings. The largest absolute Gasteiger partial charge is 0.450 e. The Morgan fingerprint density at radius 3 is 2.71 bits per heavy atom. The summed E-state index contributed by atoms with van der Waals surface area (Å²) in [6.07, 6.45) is 1.54. The predicted octanol–water partition coefficient (Wildman–Crippen LogP) is 2.17. The minimum absolute atomic E-state index is 0.370. The number of carbonyl (C=O) groups is 1. The Kier molecular flexibility index (Phi) is 6.10. The monoisotopic (exact) mass is 236 g/mol. The molecule has 0 saturated carbocycles. The molecule has 3 N–H and O–H groups in total. The standard InChI is InChI=1S/C13H20N2O2/c1-2-3-8-17-13(16)15-10-12-7-5-4-6-11(12)9-14/h4-7H,2-3,8-10,14H2,1H3,(H,15,16). The van der Waals surface area contributed by atoms with E-state index in [1.807, 2.05) is 24.3 Å². The van der Waals surface area contributed by atoms with E-state index in [0.717, 1.165) is 24.0 Å². The normalized spacial score (nSPS) is 10.0. The highest BCUT2D eigenvalue weighted by atomic mass is 16.5. The Morgan fingerprint density at radius 2 is 2.06 bits per heavy atom. The van der Waals surface area contributed by atoms with Crippen molar-refractivity contribution >= 4 is 6.09 Å². The second-order valence-corrected chi connectivity index (χ2v) is 3.82. The summed E-state index contributed by atoms with van der Waals surface area (Å²) >= 11 is 0. The van der Waals surface area contributed by atoms with Crippen molar-refractivity contribution < 1.29 is 9.53 Å². The predicted molar refractivity (Wildman–Crippen MR) is 67.4 cm³/mol. The van der Waals surface area contributed by atoms with Gasteiger partial charge in [0.2, 0.25) is 0 Å². The van der Waals surface area contributed by atoms with Gasteiger partial charge in [0.15, 0.2) is 0 Å². The average molecular weight is 236 g/mol. The third-order valence-electron chi connectivity index (χ3n) is 2.49. The second kappa shape index (κ2) is 7.68. The summed E-state index contributed by atoms with van der Waals surface area (Å²) in [5, 5.41) is 2.72. The molecular weight excluding hydrogens is 216 g/mol. The number of rotatable bonds is 6. The van der Waals surface area contributed by atoms with Gasteiger partial charge in [-0.1, -0.05) is 37.6 Å². The molecule has 0 radical (unpaired) electrons. The van der Waals surface area contributed by atoms with Gasteiger partial charge in [0.25, 0.3) is 0 Å². The summed E-state index contributed by atoms with van der Waals surface area (Å²) in [7, 11) is 0. The van der Waals surface area contributed by atoms with E-state index in [-0.39, 0.29) is 6.09 Å². The average Bonchev–Trinajstić information content (AvgIpc) is 2.37. The fraction of sp³-hybridized carbons (Fsp3) is 0.462. The van der Waals surface area contributed by atoms with E-state index in [1.54, 1.807) is 0 Å². The Hall–Kier alpha value is -1.55. The van der Waals surface area contributed by atoms with E-state index < -0.39 is 0 Å². The molecule has 0 heterocycles. The number of nitrogens with two attached hydrogens (primary N) is 1. The number of alkyl carbamates (subject to hydrolysis) is 1. The lowest BCUT2D eigenvalue weighted by Crippen LogP contribution is -2.24. The van der Waals surface area contributed by atoms with E-state index in [0.29, 0.717) is 19.7 Å². The van der Waals surface area contributed by atoms with Crippen molar-refractivity contribution in [2.24, 2.45) is 5.73 Å². The molecule has 0 unspecified atom stereocenters.